The van der Waals surface area contributed by atoms with Crippen molar-refractivity contribution in [3.05, 3.63) is 53.3 Å². The van der Waals surface area contributed by atoms with Crippen molar-refractivity contribution in [1.29, 1.82) is 0 Å². The van der Waals surface area contributed by atoms with Crippen LogP contribution in [0.1, 0.15) is 29.7 Å². The number of rotatable bonds is 2. The predicted molar refractivity (Wildman–Crippen MR) is 61.9 cm³/mol. The van der Waals surface area contributed by atoms with Crippen LogP contribution >= 0.6 is 0 Å². The van der Waals surface area contributed by atoms with Crippen LogP contribution in [0.5, 0.6) is 0 Å². The molecule has 0 aliphatic rings. The zero-order valence-corrected chi connectivity index (χ0v) is 9.44. The summed E-state index contributed by atoms with van der Waals surface area (Å²) in [6.45, 7) is 4.31. The minimum Gasteiger partial charge on any atom is -0.275 e. The Balaban J connectivity index is 2.36. The maximum absolute atomic E-state index is 4.50. The van der Waals surface area contributed by atoms with Crippen LogP contribution in [-0.2, 0) is 7.05 Å². The molecule has 2 nitrogen and oxygen atoms in total. The van der Waals surface area contributed by atoms with Crippen molar-refractivity contribution >= 4 is 0 Å². The molecule has 15 heavy (non-hydrogen) atoms. The van der Waals surface area contributed by atoms with Gasteiger partial charge in [-0.15, -0.1) is 0 Å². The molecule has 0 N–H and O–H groups in total. The highest BCUT2D eigenvalue weighted by molar-refractivity contribution is 5.30. The highest BCUT2D eigenvalue weighted by Crippen LogP contribution is 2.24. The normalized spacial score (nSPS) is 12.7. The quantitative estimate of drug-likeness (QED) is 0.729. The molecule has 0 bridgehead atoms. The summed E-state index contributed by atoms with van der Waals surface area (Å²) in [5.74, 6) is 0.368. The van der Waals surface area contributed by atoms with E-state index >= 15 is 0 Å². The summed E-state index contributed by atoms with van der Waals surface area (Å²) >= 11 is 0. The fourth-order valence-electron chi connectivity index (χ4n) is 1.95. The van der Waals surface area contributed by atoms with E-state index in [1.54, 1.807) is 0 Å². The van der Waals surface area contributed by atoms with Crippen LogP contribution in [0.3, 0.4) is 0 Å². The molecule has 0 spiro atoms. The van der Waals surface area contributed by atoms with Gasteiger partial charge in [-0.1, -0.05) is 37.3 Å². The van der Waals surface area contributed by atoms with E-state index < -0.39 is 0 Å². The second-order valence-corrected chi connectivity index (χ2v) is 4.00. The van der Waals surface area contributed by atoms with Crippen LogP contribution in [0.15, 0.2) is 36.5 Å². The van der Waals surface area contributed by atoms with Crippen LogP contribution in [0, 0.1) is 6.92 Å². The van der Waals surface area contributed by atoms with Gasteiger partial charge >= 0.3 is 0 Å². The maximum atomic E-state index is 4.50. The van der Waals surface area contributed by atoms with E-state index in [2.05, 4.69) is 49.4 Å². The fourth-order valence-corrected chi connectivity index (χ4v) is 1.95. The second-order valence-electron chi connectivity index (χ2n) is 4.00. The maximum Gasteiger partial charge on any atom is 0.0725 e. The van der Waals surface area contributed by atoms with Gasteiger partial charge in [0.15, 0.2) is 0 Å². The number of hydrogen-bond donors (Lipinski definition) is 0. The molecule has 2 aromatic rings. The second kappa shape index (κ2) is 3.89. The van der Waals surface area contributed by atoms with Gasteiger partial charge in [0, 0.05) is 19.2 Å². The van der Waals surface area contributed by atoms with Gasteiger partial charge in [-0.05, 0) is 18.1 Å². The van der Waals surface area contributed by atoms with Crippen molar-refractivity contribution in [3.63, 3.8) is 0 Å². The van der Waals surface area contributed by atoms with E-state index in [0.29, 0.717) is 5.92 Å². The predicted octanol–water partition coefficient (Wildman–Crippen LogP) is 2.88. The average molecular weight is 200 g/mol. The first-order valence-electron chi connectivity index (χ1n) is 5.23. The molecular weight excluding hydrogens is 184 g/mol. The molecule has 0 aliphatic heterocycles. The van der Waals surface area contributed by atoms with Crippen molar-refractivity contribution in [2.45, 2.75) is 19.8 Å². The molecular formula is C13H16N2. The van der Waals surface area contributed by atoms with Crippen molar-refractivity contribution in [2.24, 2.45) is 7.05 Å². The summed E-state index contributed by atoms with van der Waals surface area (Å²) in [6.07, 6.45) is 2.06. The van der Waals surface area contributed by atoms with Gasteiger partial charge in [0.2, 0.25) is 0 Å². The molecule has 1 aromatic carbocycles. The van der Waals surface area contributed by atoms with Gasteiger partial charge in [0.1, 0.15) is 0 Å². The Morgan fingerprint density at radius 2 is 1.87 bits per heavy atom. The third-order valence-corrected chi connectivity index (χ3v) is 2.76. The largest absolute Gasteiger partial charge is 0.275 e. The van der Waals surface area contributed by atoms with Crippen molar-refractivity contribution < 1.29 is 0 Å². The molecule has 0 saturated carbocycles. The van der Waals surface area contributed by atoms with E-state index in [1.807, 2.05) is 17.8 Å². The van der Waals surface area contributed by atoms with Crippen molar-refractivity contribution in [2.75, 3.05) is 0 Å². The summed E-state index contributed by atoms with van der Waals surface area (Å²) in [5.41, 5.74) is 3.75. The number of aromatic nitrogens is 2. The molecule has 2 rings (SSSR count). The van der Waals surface area contributed by atoms with Crippen LogP contribution in [-0.4, -0.2) is 9.78 Å². The number of nitrogens with zero attached hydrogens (tertiary/aromatic N) is 2. The zero-order valence-electron chi connectivity index (χ0n) is 9.44. The summed E-state index contributed by atoms with van der Waals surface area (Å²) in [5, 5.41) is 4.50. The SMILES string of the molecule is Cc1cn(C)nc1C(C)c1ccccc1. The molecule has 78 valence electrons. The third kappa shape index (κ3) is 1.94. The minimum atomic E-state index is 0.368. The van der Waals surface area contributed by atoms with E-state index in [-0.39, 0.29) is 0 Å². The van der Waals surface area contributed by atoms with Gasteiger partial charge in [0.05, 0.1) is 5.69 Å². The zero-order chi connectivity index (χ0) is 10.8. The van der Waals surface area contributed by atoms with Gasteiger partial charge in [-0.3, -0.25) is 4.68 Å². The van der Waals surface area contributed by atoms with E-state index in [9.17, 15) is 0 Å². The lowest BCUT2D eigenvalue weighted by Gasteiger charge is -2.09. The Kier molecular flexibility index (Phi) is 2.58. The minimum absolute atomic E-state index is 0.368. The van der Waals surface area contributed by atoms with Crippen LogP contribution in [0.2, 0.25) is 0 Å². The Labute approximate surface area is 90.6 Å². The average Bonchev–Trinajstić information content (AvgIpc) is 2.58. The molecule has 2 heteroatoms. The van der Waals surface area contributed by atoms with Crippen LogP contribution in [0.25, 0.3) is 0 Å². The standard InChI is InChI=1S/C13H16N2/c1-10-9-15(3)14-13(10)11(2)12-7-5-4-6-8-12/h4-9,11H,1-3H3. The highest BCUT2D eigenvalue weighted by atomic mass is 15.3. The summed E-state index contributed by atoms with van der Waals surface area (Å²) < 4.78 is 1.88. The molecule has 1 aromatic heterocycles. The molecule has 0 radical (unpaired) electrons. The molecule has 0 saturated heterocycles. The van der Waals surface area contributed by atoms with E-state index in [4.69, 9.17) is 0 Å². The van der Waals surface area contributed by atoms with E-state index in [1.165, 1.54) is 16.8 Å². The first kappa shape index (κ1) is 9.97. The molecule has 1 atom stereocenters. The first-order valence-corrected chi connectivity index (χ1v) is 5.23. The molecule has 1 unspecified atom stereocenters. The lowest BCUT2D eigenvalue weighted by Crippen LogP contribution is -1.99. The summed E-state index contributed by atoms with van der Waals surface area (Å²) in [7, 11) is 1.97. The van der Waals surface area contributed by atoms with E-state index in [0.717, 1.165) is 0 Å². The van der Waals surface area contributed by atoms with Crippen LogP contribution in [0.4, 0.5) is 0 Å². The van der Waals surface area contributed by atoms with Crippen LogP contribution < -0.4 is 0 Å². The fraction of sp³-hybridized carbons (Fsp3) is 0.308. The Morgan fingerprint density at radius 3 is 2.40 bits per heavy atom. The summed E-state index contributed by atoms with van der Waals surface area (Å²) in [4.78, 5) is 0. The summed E-state index contributed by atoms with van der Waals surface area (Å²) in [6, 6.07) is 10.5. The Bertz CT molecular complexity index is 443. The Morgan fingerprint density at radius 1 is 1.20 bits per heavy atom. The molecule has 0 aliphatic carbocycles. The number of aryl methyl sites for hydroxylation is 2. The van der Waals surface area contributed by atoms with Gasteiger partial charge in [-0.2, -0.15) is 5.10 Å². The van der Waals surface area contributed by atoms with Crippen molar-refractivity contribution in [1.82, 2.24) is 9.78 Å². The van der Waals surface area contributed by atoms with Gasteiger partial charge in [0.25, 0.3) is 0 Å². The number of hydrogen-bond acceptors (Lipinski definition) is 1. The number of benzene rings is 1. The topological polar surface area (TPSA) is 17.8 Å². The van der Waals surface area contributed by atoms with Gasteiger partial charge in [-0.25, -0.2) is 0 Å². The Hall–Kier alpha value is -1.57. The lowest BCUT2D eigenvalue weighted by atomic mass is 9.96. The van der Waals surface area contributed by atoms with Gasteiger partial charge < -0.3 is 0 Å². The molecule has 0 fully saturated rings. The monoisotopic (exact) mass is 200 g/mol. The third-order valence-electron chi connectivity index (χ3n) is 2.76. The molecule has 1 heterocycles. The molecule has 0 amide bonds. The highest BCUT2D eigenvalue weighted by Gasteiger charge is 2.13. The first-order chi connectivity index (χ1) is 7.18. The smallest absolute Gasteiger partial charge is 0.0725 e. The van der Waals surface area contributed by atoms with Crippen molar-refractivity contribution in [3.8, 4) is 0 Å². The lowest BCUT2D eigenvalue weighted by molar-refractivity contribution is 0.725.